The SMILES string of the molecule is Cc1ccc(S(C)(=O)=O)cc1NC(=O)C1(C)CCNC1. The molecule has 0 saturated carbocycles. The van der Waals surface area contributed by atoms with Crippen LogP contribution in [0.2, 0.25) is 0 Å². The minimum atomic E-state index is -3.28. The van der Waals surface area contributed by atoms with E-state index >= 15 is 0 Å². The van der Waals surface area contributed by atoms with Crippen molar-refractivity contribution in [3.63, 3.8) is 0 Å². The van der Waals surface area contributed by atoms with Crippen LogP contribution in [0, 0.1) is 12.3 Å². The third kappa shape index (κ3) is 3.02. The second-order valence-electron chi connectivity index (χ2n) is 5.69. The van der Waals surface area contributed by atoms with Crippen molar-refractivity contribution in [2.24, 2.45) is 5.41 Å². The summed E-state index contributed by atoms with van der Waals surface area (Å²) in [6.07, 6.45) is 1.94. The zero-order valence-corrected chi connectivity index (χ0v) is 12.8. The second-order valence-corrected chi connectivity index (χ2v) is 7.71. The van der Waals surface area contributed by atoms with Crippen molar-refractivity contribution < 1.29 is 13.2 Å². The first kappa shape index (κ1) is 15.0. The predicted octanol–water partition coefficient (Wildman–Crippen LogP) is 1.34. The number of hydrogen-bond donors (Lipinski definition) is 2. The van der Waals surface area contributed by atoms with Crippen LogP contribution in [0.4, 0.5) is 5.69 Å². The van der Waals surface area contributed by atoms with Crippen LogP contribution in [0.5, 0.6) is 0 Å². The second kappa shape index (κ2) is 5.18. The molecule has 1 aliphatic rings. The molecule has 1 aliphatic heterocycles. The lowest BCUT2D eigenvalue weighted by Gasteiger charge is -2.22. The van der Waals surface area contributed by atoms with Crippen molar-refractivity contribution in [1.82, 2.24) is 5.32 Å². The van der Waals surface area contributed by atoms with Crippen LogP contribution in [0.25, 0.3) is 0 Å². The summed E-state index contributed by atoms with van der Waals surface area (Å²) < 4.78 is 23.2. The lowest BCUT2D eigenvalue weighted by Crippen LogP contribution is -2.35. The third-order valence-electron chi connectivity index (χ3n) is 3.80. The van der Waals surface area contributed by atoms with Gasteiger partial charge in [-0.05, 0) is 44.5 Å². The maximum absolute atomic E-state index is 12.3. The molecule has 5 nitrogen and oxygen atoms in total. The molecular weight excluding hydrogens is 276 g/mol. The molecule has 6 heteroatoms. The molecule has 0 radical (unpaired) electrons. The van der Waals surface area contributed by atoms with Gasteiger partial charge in [0.2, 0.25) is 5.91 Å². The Morgan fingerprint density at radius 1 is 1.40 bits per heavy atom. The van der Waals surface area contributed by atoms with Crippen molar-refractivity contribution >= 4 is 21.4 Å². The molecule has 1 aromatic rings. The molecule has 1 amide bonds. The first-order chi connectivity index (χ1) is 9.22. The quantitative estimate of drug-likeness (QED) is 0.882. The average Bonchev–Trinajstić information content (AvgIpc) is 2.79. The average molecular weight is 296 g/mol. The van der Waals surface area contributed by atoms with Gasteiger partial charge in [0.15, 0.2) is 9.84 Å². The van der Waals surface area contributed by atoms with Crippen LogP contribution >= 0.6 is 0 Å². The normalized spacial score (nSPS) is 22.8. The molecule has 2 rings (SSSR count). The van der Waals surface area contributed by atoms with Crippen molar-refractivity contribution in [3.05, 3.63) is 23.8 Å². The van der Waals surface area contributed by atoms with Gasteiger partial charge in [-0.25, -0.2) is 8.42 Å². The highest BCUT2D eigenvalue weighted by atomic mass is 32.2. The standard InChI is InChI=1S/C14H20N2O3S/c1-10-4-5-11(20(3,18)19)8-12(10)16-13(17)14(2)6-7-15-9-14/h4-5,8,15H,6-7,9H2,1-3H3,(H,16,17). The van der Waals surface area contributed by atoms with Gasteiger partial charge in [-0.1, -0.05) is 6.07 Å². The van der Waals surface area contributed by atoms with Gasteiger partial charge in [0, 0.05) is 18.5 Å². The van der Waals surface area contributed by atoms with Gasteiger partial charge in [0.05, 0.1) is 10.3 Å². The number of anilines is 1. The molecule has 0 aromatic heterocycles. The van der Waals surface area contributed by atoms with Crippen LogP contribution < -0.4 is 10.6 Å². The number of rotatable bonds is 3. The molecule has 20 heavy (non-hydrogen) atoms. The molecule has 1 heterocycles. The maximum atomic E-state index is 12.3. The Morgan fingerprint density at radius 3 is 2.65 bits per heavy atom. The maximum Gasteiger partial charge on any atom is 0.231 e. The van der Waals surface area contributed by atoms with Crippen LogP contribution in [0.1, 0.15) is 18.9 Å². The fourth-order valence-electron chi connectivity index (χ4n) is 2.25. The van der Waals surface area contributed by atoms with E-state index in [4.69, 9.17) is 0 Å². The van der Waals surface area contributed by atoms with Gasteiger partial charge in [0.1, 0.15) is 0 Å². The van der Waals surface area contributed by atoms with E-state index in [1.807, 2.05) is 13.8 Å². The Labute approximate surface area is 119 Å². The number of hydrogen-bond acceptors (Lipinski definition) is 4. The summed E-state index contributed by atoms with van der Waals surface area (Å²) in [4.78, 5) is 12.6. The summed E-state index contributed by atoms with van der Waals surface area (Å²) in [5.41, 5.74) is 0.972. The monoisotopic (exact) mass is 296 g/mol. The summed E-state index contributed by atoms with van der Waals surface area (Å²) in [6, 6.07) is 4.79. The highest BCUT2D eigenvalue weighted by molar-refractivity contribution is 7.90. The first-order valence-corrected chi connectivity index (χ1v) is 8.44. The van der Waals surface area contributed by atoms with Gasteiger partial charge in [0.25, 0.3) is 0 Å². The number of sulfone groups is 1. The summed E-state index contributed by atoms with van der Waals surface area (Å²) in [6.45, 7) is 5.23. The van der Waals surface area contributed by atoms with Crippen molar-refractivity contribution in [2.45, 2.75) is 25.2 Å². The molecule has 0 bridgehead atoms. The number of amides is 1. The van der Waals surface area contributed by atoms with Crippen molar-refractivity contribution in [3.8, 4) is 0 Å². The third-order valence-corrected chi connectivity index (χ3v) is 4.91. The number of carbonyl (C=O) groups excluding carboxylic acids is 1. The number of nitrogens with one attached hydrogen (secondary N) is 2. The van der Waals surface area contributed by atoms with Gasteiger partial charge in [-0.2, -0.15) is 0 Å². The van der Waals surface area contributed by atoms with Gasteiger partial charge < -0.3 is 10.6 Å². The first-order valence-electron chi connectivity index (χ1n) is 6.55. The highest BCUT2D eigenvalue weighted by Crippen LogP contribution is 2.28. The number of benzene rings is 1. The zero-order valence-electron chi connectivity index (χ0n) is 12.0. The Morgan fingerprint density at radius 2 is 2.10 bits per heavy atom. The zero-order chi connectivity index (χ0) is 15.0. The Hall–Kier alpha value is -1.40. The molecule has 1 atom stereocenters. The Kier molecular flexibility index (Phi) is 3.88. The minimum absolute atomic E-state index is 0.0729. The highest BCUT2D eigenvalue weighted by Gasteiger charge is 2.36. The van der Waals surface area contributed by atoms with Gasteiger partial charge in [-0.15, -0.1) is 0 Å². The number of carbonyl (C=O) groups is 1. The van der Waals surface area contributed by atoms with E-state index in [0.717, 1.165) is 24.8 Å². The number of aryl methyl sites for hydroxylation is 1. The molecule has 1 fully saturated rings. The van der Waals surface area contributed by atoms with Crippen molar-refractivity contribution in [2.75, 3.05) is 24.7 Å². The molecular formula is C14H20N2O3S. The van der Waals surface area contributed by atoms with E-state index in [1.54, 1.807) is 12.1 Å². The molecule has 1 saturated heterocycles. The molecule has 1 aromatic carbocycles. The summed E-state index contributed by atoms with van der Waals surface area (Å²) in [5, 5.41) is 6.03. The lowest BCUT2D eigenvalue weighted by atomic mass is 9.88. The molecule has 2 N–H and O–H groups in total. The van der Waals surface area contributed by atoms with Crippen molar-refractivity contribution in [1.29, 1.82) is 0 Å². The Bertz CT molecular complexity index is 632. The van der Waals surface area contributed by atoms with E-state index < -0.39 is 15.3 Å². The summed E-state index contributed by atoms with van der Waals surface area (Å²) in [5.74, 6) is -0.0729. The fraction of sp³-hybridized carbons (Fsp3) is 0.500. The van der Waals surface area contributed by atoms with E-state index in [0.29, 0.717) is 12.2 Å². The van der Waals surface area contributed by atoms with E-state index in [-0.39, 0.29) is 10.8 Å². The van der Waals surface area contributed by atoms with Crippen LogP contribution in [-0.2, 0) is 14.6 Å². The predicted molar refractivity (Wildman–Crippen MR) is 78.5 cm³/mol. The summed E-state index contributed by atoms with van der Waals surface area (Å²) >= 11 is 0. The molecule has 110 valence electrons. The molecule has 0 spiro atoms. The Balaban J connectivity index is 2.27. The largest absolute Gasteiger partial charge is 0.325 e. The summed E-state index contributed by atoms with van der Waals surface area (Å²) in [7, 11) is -3.28. The lowest BCUT2D eigenvalue weighted by molar-refractivity contribution is -0.123. The molecule has 1 unspecified atom stereocenters. The van der Waals surface area contributed by atoms with Gasteiger partial charge in [-0.3, -0.25) is 4.79 Å². The van der Waals surface area contributed by atoms with Gasteiger partial charge >= 0.3 is 0 Å². The minimum Gasteiger partial charge on any atom is -0.325 e. The topological polar surface area (TPSA) is 75.3 Å². The van der Waals surface area contributed by atoms with E-state index in [9.17, 15) is 13.2 Å². The van der Waals surface area contributed by atoms with E-state index in [1.165, 1.54) is 6.07 Å². The van der Waals surface area contributed by atoms with Crippen LogP contribution in [-0.4, -0.2) is 33.7 Å². The fourth-order valence-corrected chi connectivity index (χ4v) is 2.90. The van der Waals surface area contributed by atoms with Crippen LogP contribution in [0.15, 0.2) is 23.1 Å². The molecule has 0 aliphatic carbocycles. The van der Waals surface area contributed by atoms with E-state index in [2.05, 4.69) is 10.6 Å². The van der Waals surface area contributed by atoms with Crippen LogP contribution in [0.3, 0.4) is 0 Å². The smallest absolute Gasteiger partial charge is 0.231 e.